The minimum Gasteiger partial charge on any atom is -0.385 e. The van der Waals surface area contributed by atoms with Crippen molar-refractivity contribution in [1.82, 2.24) is 9.55 Å². The number of aryl methyl sites for hydroxylation is 3. The van der Waals surface area contributed by atoms with Crippen molar-refractivity contribution in [3.8, 4) is 0 Å². The minimum atomic E-state index is 0.840. The van der Waals surface area contributed by atoms with E-state index in [1.807, 2.05) is 6.92 Å². The van der Waals surface area contributed by atoms with Gasteiger partial charge in [-0.15, -0.1) is 0 Å². The number of pyridine rings is 1. The molecule has 3 heteroatoms. The van der Waals surface area contributed by atoms with Gasteiger partial charge in [0.25, 0.3) is 0 Å². The molecule has 0 saturated carbocycles. The summed E-state index contributed by atoms with van der Waals surface area (Å²) in [5.74, 6) is 0. The average Bonchev–Trinajstić information content (AvgIpc) is 2.72. The molecule has 0 aromatic carbocycles. The Bertz CT molecular complexity index is 516. The maximum atomic E-state index is 5.09. The Morgan fingerprint density at radius 2 is 2.11 bits per heavy atom. The van der Waals surface area contributed by atoms with Crippen LogP contribution in [0.25, 0.3) is 11.0 Å². The summed E-state index contributed by atoms with van der Waals surface area (Å²) in [6.45, 7) is 6.11. The fourth-order valence-electron chi connectivity index (χ4n) is 2.31. The predicted octanol–water partition coefficient (Wildman–Crippen LogP) is 3.33. The van der Waals surface area contributed by atoms with Crippen LogP contribution in [0.2, 0.25) is 0 Å². The first-order valence-electron chi connectivity index (χ1n) is 6.70. The highest BCUT2D eigenvalue weighted by Crippen LogP contribution is 2.21. The van der Waals surface area contributed by atoms with E-state index in [1.165, 1.54) is 10.9 Å². The topological polar surface area (TPSA) is 27.1 Å². The number of nitrogens with zero attached hydrogens (tertiary/aromatic N) is 2. The molecular weight excluding hydrogens is 224 g/mol. The Morgan fingerprint density at radius 1 is 1.28 bits per heavy atom. The van der Waals surface area contributed by atoms with E-state index in [1.54, 1.807) is 7.11 Å². The molecule has 0 N–H and O–H groups in total. The Balaban J connectivity index is 2.23. The summed E-state index contributed by atoms with van der Waals surface area (Å²) in [6, 6.07) is 4.29. The maximum absolute atomic E-state index is 5.09. The van der Waals surface area contributed by atoms with Crippen LogP contribution in [-0.2, 0) is 17.7 Å². The number of methoxy groups -OCH3 is 1. The Hall–Kier alpha value is -1.35. The normalized spacial score (nSPS) is 11.3. The van der Waals surface area contributed by atoms with Crippen LogP contribution < -0.4 is 0 Å². The van der Waals surface area contributed by atoms with Crippen LogP contribution in [0, 0.1) is 6.92 Å². The third-order valence-electron chi connectivity index (χ3n) is 3.32. The van der Waals surface area contributed by atoms with Crippen LogP contribution >= 0.6 is 0 Å². The van der Waals surface area contributed by atoms with Gasteiger partial charge in [-0.3, -0.25) is 0 Å². The highest BCUT2D eigenvalue weighted by molar-refractivity contribution is 5.80. The van der Waals surface area contributed by atoms with Crippen LogP contribution in [-0.4, -0.2) is 23.3 Å². The summed E-state index contributed by atoms with van der Waals surface area (Å²) < 4.78 is 7.38. The number of aromatic nitrogens is 2. The SMILES string of the molecule is CCc1cn(CCCCOC)c2nc(C)ccc12. The van der Waals surface area contributed by atoms with E-state index < -0.39 is 0 Å². The van der Waals surface area contributed by atoms with E-state index in [4.69, 9.17) is 4.74 Å². The zero-order valence-electron chi connectivity index (χ0n) is 11.6. The quantitative estimate of drug-likeness (QED) is 0.731. The second kappa shape index (κ2) is 6.01. The van der Waals surface area contributed by atoms with Crippen molar-refractivity contribution in [3.63, 3.8) is 0 Å². The second-order valence-electron chi connectivity index (χ2n) is 4.72. The highest BCUT2D eigenvalue weighted by atomic mass is 16.5. The van der Waals surface area contributed by atoms with Gasteiger partial charge >= 0.3 is 0 Å². The van der Waals surface area contributed by atoms with Crippen LogP contribution in [0.15, 0.2) is 18.3 Å². The zero-order valence-corrected chi connectivity index (χ0v) is 11.6. The van der Waals surface area contributed by atoms with Gasteiger partial charge in [0, 0.05) is 37.5 Å². The lowest BCUT2D eigenvalue weighted by Gasteiger charge is -2.04. The lowest BCUT2D eigenvalue weighted by Crippen LogP contribution is -2.00. The summed E-state index contributed by atoms with van der Waals surface area (Å²) in [6.07, 6.45) is 5.55. The largest absolute Gasteiger partial charge is 0.385 e. The molecule has 0 spiro atoms. The van der Waals surface area contributed by atoms with Crippen LogP contribution in [0.4, 0.5) is 0 Å². The Labute approximate surface area is 109 Å². The molecule has 0 atom stereocenters. The summed E-state index contributed by atoms with van der Waals surface area (Å²) in [5.41, 5.74) is 3.61. The van der Waals surface area contributed by atoms with Gasteiger partial charge in [-0.1, -0.05) is 6.92 Å². The van der Waals surface area contributed by atoms with E-state index in [-0.39, 0.29) is 0 Å². The van der Waals surface area contributed by atoms with Gasteiger partial charge in [-0.25, -0.2) is 4.98 Å². The third-order valence-corrected chi connectivity index (χ3v) is 3.32. The fourth-order valence-corrected chi connectivity index (χ4v) is 2.31. The third kappa shape index (κ3) is 2.72. The molecule has 0 aliphatic heterocycles. The molecule has 0 saturated heterocycles. The smallest absolute Gasteiger partial charge is 0.140 e. The molecule has 2 aromatic heterocycles. The van der Waals surface area contributed by atoms with E-state index in [2.05, 4.69) is 34.8 Å². The van der Waals surface area contributed by atoms with Gasteiger partial charge in [0.05, 0.1) is 0 Å². The van der Waals surface area contributed by atoms with Gasteiger partial charge in [0.2, 0.25) is 0 Å². The summed E-state index contributed by atoms with van der Waals surface area (Å²) in [5, 5.41) is 1.30. The zero-order chi connectivity index (χ0) is 13.0. The maximum Gasteiger partial charge on any atom is 0.140 e. The highest BCUT2D eigenvalue weighted by Gasteiger charge is 2.08. The monoisotopic (exact) mass is 246 g/mol. The van der Waals surface area contributed by atoms with Crippen molar-refractivity contribution in [2.24, 2.45) is 0 Å². The van der Waals surface area contributed by atoms with Crippen molar-refractivity contribution < 1.29 is 4.74 Å². The molecule has 18 heavy (non-hydrogen) atoms. The van der Waals surface area contributed by atoms with E-state index in [0.717, 1.165) is 43.8 Å². The number of hydrogen-bond acceptors (Lipinski definition) is 2. The molecule has 0 aliphatic rings. The molecule has 3 nitrogen and oxygen atoms in total. The summed E-state index contributed by atoms with van der Waals surface area (Å²) in [7, 11) is 1.76. The van der Waals surface area contributed by atoms with Crippen LogP contribution in [0.1, 0.15) is 31.0 Å². The average molecular weight is 246 g/mol. The molecule has 0 unspecified atom stereocenters. The molecule has 0 aliphatic carbocycles. The van der Waals surface area contributed by atoms with E-state index in [0.29, 0.717) is 0 Å². The summed E-state index contributed by atoms with van der Waals surface area (Å²) in [4.78, 5) is 4.67. The second-order valence-corrected chi connectivity index (χ2v) is 4.72. The standard InChI is InChI=1S/C15H22N2O/c1-4-13-11-17(9-5-6-10-18-3)15-14(13)8-7-12(2)16-15/h7-8,11H,4-6,9-10H2,1-3H3. The van der Waals surface area contributed by atoms with Gasteiger partial charge in [-0.05, 0) is 43.9 Å². The first kappa shape index (κ1) is 13.1. The van der Waals surface area contributed by atoms with Crippen molar-refractivity contribution in [1.29, 1.82) is 0 Å². The number of ether oxygens (including phenoxy) is 1. The van der Waals surface area contributed by atoms with Crippen LogP contribution in [0.3, 0.4) is 0 Å². The number of fused-ring (bicyclic) bond motifs is 1. The fraction of sp³-hybridized carbons (Fsp3) is 0.533. The van der Waals surface area contributed by atoms with Gasteiger partial charge in [0.15, 0.2) is 0 Å². The molecule has 0 bridgehead atoms. The molecule has 0 radical (unpaired) electrons. The van der Waals surface area contributed by atoms with Gasteiger partial charge < -0.3 is 9.30 Å². The number of unbranched alkanes of at least 4 members (excludes halogenated alkanes) is 1. The number of hydrogen-bond donors (Lipinski definition) is 0. The van der Waals surface area contributed by atoms with Gasteiger partial charge in [0.1, 0.15) is 5.65 Å². The lowest BCUT2D eigenvalue weighted by molar-refractivity contribution is 0.191. The summed E-state index contributed by atoms with van der Waals surface area (Å²) >= 11 is 0. The predicted molar refractivity (Wildman–Crippen MR) is 75.0 cm³/mol. The lowest BCUT2D eigenvalue weighted by atomic mass is 10.2. The molecule has 0 fully saturated rings. The van der Waals surface area contributed by atoms with Gasteiger partial charge in [-0.2, -0.15) is 0 Å². The Kier molecular flexibility index (Phi) is 4.37. The molecule has 98 valence electrons. The molecular formula is C15H22N2O. The first-order chi connectivity index (χ1) is 8.76. The van der Waals surface area contributed by atoms with Crippen molar-refractivity contribution >= 4 is 11.0 Å². The van der Waals surface area contributed by atoms with E-state index in [9.17, 15) is 0 Å². The van der Waals surface area contributed by atoms with Crippen molar-refractivity contribution in [2.75, 3.05) is 13.7 Å². The van der Waals surface area contributed by atoms with Crippen molar-refractivity contribution in [3.05, 3.63) is 29.6 Å². The molecule has 0 amide bonds. The van der Waals surface area contributed by atoms with Crippen molar-refractivity contribution in [2.45, 2.75) is 39.7 Å². The molecule has 2 aromatic rings. The minimum absolute atomic E-state index is 0.840. The first-order valence-corrected chi connectivity index (χ1v) is 6.70. The number of rotatable bonds is 6. The van der Waals surface area contributed by atoms with E-state index >= 15 is 0 Å². The van der Waals surface area contributed by atoms with Crippen LogP contribution in [0.5, 0.6) is 0 Å². The molecule has 2 rings (SSSR count). The Morgan fingerprint density at radius 3 is 2.83 bits per heavy atom. The molecule has 2 heterocycles.